The van der Waals surface area contributed by atoms with Crippen molar-refractivity contribution in [3.05, 3.63) is 35.2 Å². The molecule has 3 rings (SSSR count). The van der Waals surface area contributed by atoms with E-state index in [0.29, 0.717) is 21.6 Å². The van der Waals surface area contributed by atoms with E-state index < -0.39 is 0 Å². The smallest absolute Gasteiger partial charge is 0.267 e. The van der Waals surface area contributed by atoms with E-state index >= 15 is 0 Å². The Morgan fingerprint density at radius 2 is 2.20 bits per heavy atom. The summed E-state index contributed by atoms with van der Waals surface area (Å²) in [7, 11) is 0. The predicted molar refractivity (Wildman–Crippen MR) is 89.2 cm³/mol. The highest BCUT2D eigenvalue weighted by atomic mass is 32.1. The summed E-state index contributed by atoms with van der Waals surface area (Å²) in [6.45, 7) is 1.43. The molecule has 1 aliphatic heterocycles. The molecule has 0 spiro atoms. The predicted octanol–water partition coefficient (Wildman–Crippen LogP) is 2.11. The minimum Gasteiger partial charge on any atom is -0.360 e. The van der Waals surface area contributed by atoms with Crippen molar-refractivity contribution in [3.8, 4) is 0 Å². The molecule has 7 heteroatoms. The van der Waals surface area contributed by atoms with Crippen molar-refractivity contribution in [2.75, 3.05) is 13.1 Å². The molecule has 0 radical (unpaired) electrons. The van der Waals surface area contributed by atoms with E-state index in [4.69, 9.17) is 24.4 Å². The van der Waals surface area contributed by atoms with E-state index in [1.807, 2.05) is 30.3 Å². The number of nitrogens with zero attached hydrogens (tertiary/aromatic N) is 1. The van der Waals surface area contributed by atoms with Gasteiger partial charge in [0.25, 0.3) is 5.91 Å². The molecule has 2 heterocycles. The Labute approximate surface area is 130 Å². The Kier molecular flexibility index (Phi) is 3.64. The Morgan fingerprint density at radius 3 is 2.90 bits per heavy atom. The first kappa shape index (κ1) is 13.4. The van der Waals surface area contributed by atoms with Gasteiger partial charge in [0.2, 0.25) is 0 Å². The monoisotopic (exact) mass is 321 g/mol. The molecule has 1 aliphatic rings. The van der Waals surface area contributed by atoms with Crippen LogP contribution in [0.1, 0.15) is 9.67 Å². The van der Waals surface area contributed by atoms with Gasteiger partial charge in [0.05, 0.1) is 4.88 Å². The van der Waals surface area contributed by atoms with Crippen LogP contribution in [0.25, 0.3) is 10.1 Å². The van der Waals surface area contributed by atoms with Crippen molar-refractivity contribution >= 4 is 62.0 Å². The first-order valence-electron chi connectivity index (χ1n) is 6.04. The molecule has 1 aromatic carbocycles. The number of nitrogens with one attached hydrogen (secondary N) is 2. The summed E-state index contributed by atoms with van der Waals surface area (Å²) in [6.07, 6.45) is 0. The molecule has 1 amide bonds. The van der Waals surface area contributed by atoms with Crippen LogP contribution in [0.4, 0.5) is 0 Å². The zero-order valence-electron chi connectivity index (χ0n) is 10.4. The fourth-order valence-corrected chi connectivity index (χ4v) is 3.56. The van der Waals surface area contributed by atoms with Crippen molar-refractivity contribution in [3.63, 3.8) is 0 Å². The van der Waals surface area contributed by atoms with E-state index in [2.05, 4.69) is 10.6 Å². The average Bonchev–Trinajstić information content (AvgIpc) is 3.04. The number of fused-ring (bicyclic) bond motifs is 1. The Morgan fingerprint density at radius 1 is 1.40 bits per heavy atom. The Balaban J connectivity index is 1.75. The van der Waals surface area contributed by atoms with Gasteiger partial charge in [-0.05, 0) is 42.0 Å². The van der Waals surface area contributed by atoms with Gasteiger partial charge in [-0.2, -0.15) is 0 Å². The lowest BCUT2D eigenvalue weighted by Gasteiger charge is -2.17. The number of rotatable bonds is 1. The minimum atomic E-state index is -0.189. The largest absolute Gasteiger partial charge is 0.360 e. The molecular formula is C13H11N3OS3. The van der Waals surface area contributed by atoms with Crippen LogP contribution in [0, 0.1) is 0 Å². The van der Waals surface area contributed by atoms with Gasteiger partial charge in [-0.3, -0.25) is 15.0 Å². The highest BCUT2D eigenvalue weighted by molar-refractivity contribution is 7.81. The van der Waals surface area contributed by atoms with Crippen molar-refractivity contribution < 1.29 is 4.79 Å². The maximum Gasteiger partial charge on any atom is 0.267 e. The molecule has 1 saturated heterocycles. The highest BCUT2D eigenvalue weighted by Crippen LogP contribution is 2.25. The number of amides is 1. The summed E-state index contributed by atoms with van der Waals surface area (Å²) in [5.41, 5.74) is 0. The molecule has 20 heavy (non-hydrogen) atoms. The number of hydrogen-bond acceptors (Lipinski definition) is 4. The van der Waals surface area contributed by atoms with Crippen LogP contribution in [0.5, 0.6) is 0 Å². The maximum absolute atomic E-state index is 12.2. The molecule has 1 fully saturated rings. The second kappa shape index (κ2) is 5.43. The molecule has 0 bridgehead atoms. The maximum atomic E-state index is 12.2. The van der Waals surface area contributed by atoms with E-state index in [9.17, 15) is 4.79 Å². The Bertz CT molecular complexity index is 677. The molecule has 102 valence electrons. The van der Waals surface area contributed by atoms with E-state index in [1.165, 1.54) is 11.3 Å². The summed E-state index contributed by atoms with van der Waals surface area (Å²) >= 11 is 11.8. The number of benzene rings is 1. The van der Waals surface area contributed by atoms with Crippen LogP contribution in [-0.2, 0) is 0 Å². The van der Waals surface area contributed by atoms with Gasteiger partial charge in [0.1, 0.15) is 0 Å². The van der Waals surface area contributed by atoms with Gasteiger partial charge >= 0.3 is 0 Å². The number of hydrogen-bond donors (Lipinski definition) is 2. The summed E-state index contributed by atoms with van der Waals surface area (Å²) in [5, 5.41) is 7.71. The molecule has 0 atom stereocenters. The summed E-state index contributed by atoms with van der Waals surface area (Å²) in [6, 6.07) is 9.77. The normalized spacial score (nSPS) is 14.4. The molecule has 0 saturated carbocycles. The van der Waals surface area contributed by atoms with E-state index in [0.717, 1.165) is 16.6 Å². The van der Waals surface area contributed by atoms with E-state index in [-0.39, 0.29) is 5.91 Å². The lowest BCUT2D eigenvalue weighted by molar-refractivity contribution is 0.0979. The van der Waals surface area contributed by atoms with Crippen LogP contribution in [0.2, 0.25) is 0 Å². The quantitative estimate of drug-likeness (QED) is 0.788. The van der Waals surface area contributed by atoms with Gasteiger partial charge in [-0.15, -0.1) is 11.3 Å². The van der Waals surface area contributed by atoms with Crippen molar-refractivity contribution in [2.24, 2.45) is 0 Å². The summed E-state index contributed by atoms with van der Waals surface area (Å²) in [5.74, 6) is -0.189. The molecule has 1 aromatic heterocycles. The topological polar surface area (TPSA) is 44.4 Å². The van der Waals surface area contributed by atoms with Gasteiger partial charge in [-0.1, -0.05) is 18.2 Å². The minimum absolute atomic E-state index is 0.189. The first-order chi connectivity index (χ1) is 9.65. The number of carbonyl (C=O) groups excluding carboxylic acids is 1. The van der Waals surface area contributed by atoms with Crippen LogP contribution >= 0.6 is 35.8 Å². The first-order valence-corrected chi connectivity index (χ1v) is 7.68. The number of carbonyl (C=O) groups is 1. The summed E-state index contributed by atoms with van der Waals surface area (Å²) < 4.78 is 1.09. The zero-order valence-corrected chi connectivity index (χ0v) is 12.8. The third-order valence-corrected chi connectivity index (χ3v) is 4.77. The van der Waals surface area contributed by atoms with Crippen molar-refractivity contribution in [1.82, 2.24) is 15.5 Å². The molecule has 2 N–H and O–H groups in total. The van der Waals surface area contributed by atoms with Gasteiger partial charge in [0.15, 0.2) is 10.2 Å². The SMILES string of the molecule is O=C(NC(=S)N1CCNC1=S)c1cc2ccccc2s1. The fraction of sp³-hybridized carbons (Fsp3) is 0.154. The molecule has 0 unspecified atom stereocenters. The van der Waals surface area contributed by atoms with Crippen LogP contribution in [-0.4, -0.2) is 34.1 Å². The van der Waals surface area contributed by atoms with Crippen molar-refractivity contribution in [1.29, 1.82) is 0 Å². The van der Waals surface area contributed by atoms with Gasteiger partial charge in [0, 0.05) is 17.8 Å². The molecule has 4 nitrogen and oxygen atoms in total. The third-order valence-electron chi connectivity index (χ3n) is 2.97. The van der Waals surface area contributed by atoms with Crippen LogP contribution in [0.15, 0.2) is 30.3 Å². The summed E-state index contributed by atoms with van der Waals surface area (Å²) in [4.78, 5) is 14.6. The van der Waals surface area contributed by atoms with Gasteiger partial charge in [-0.25, -0.2) is 0 Å². The lowest BCUT2D eigenvalue weighted by Crippen LogP contribution is -2.43. The lowest BCUT2D eigenvalue weighted by atomic mass is 10.2. The molecule has 0 aliphatic carbocycles. The number of thiophene rings is 1. The van der Waals surface area contributed by atoms with Gasteiger partial charge < -0.3 is 5.32 Å². The third kappa shape index (κ3) is 2.52. The zero-order chi connectivity index (χ0) is 14.1. The number of thiocarbonyl (C=S) groups is 2. The average molecular weight is 321 g/mol. The standard InChI is InChI=1S/C13H11N3OS3/c17-11(15-13(19)16-6-5-14-12(16)18)10-7-8-3-1-2-4-9(8)20-10/h1-4,7H,5-6H2,(H,14,18)(H,15,17,19). The van der Waals surface area contributed by atoms with Crippen molar-refractivity contribution in [2.45, 2.75) is 0 Å². The fourth-order valence-electron chi connectivity index (χ4n) is 1.99. The highest BCUT2D eigenvalue weighted by Gasteiger charge is 2.22. The van der Waals surface area contributed by atoms with Crippen LogP contribution in [0.3, 0.4) is 0 Å². The second-order valence-corrected chi connectivity index (χ2v) is 6.15. The second-order valence-electron chi connectivity index (χ2n) is 4.29. The molecular weight excluding hydrogens is 310 g/mol. The molecule has 2 aromatic rings. The van der Waals surface area contributed by atoms with E-state index in [1.54, 1.807) is 4.90 Å². The van der Waals surface area contributed by atoms with Crippen LogP contribution < -0.4 is 10.6 Å². The Hall–Kier alpha value is -1.57.